The monoisotopic (exact) mass is 265 g/mol. The lowest BCUT2D eigenvalue weighted by Gasteiger charge is -2.24. The number of carbonyl (C=O) groups excluding carboxylic acids is 1. The molecule has 7 nitrogen and oxygen atoms in total. The smallest absolute Gasteiger partial charge is 0.292 e. The molecule has 1 aromatic carbocycles. The summed E-state index contributed by atoms with van der Waals surface area (Å²) in [5, 5.41) is 14.1. The van der Waals surface area contributed by atoms with E-state index in [9.17, 15) is 14.9 Å². The van der Waals surface area contributed by atoms with Crippen molar-refractivity contribution in [1.82, 2.24) is 0 Å². The number of nitro groups is 1. The van der Waals surface area contributed by atoms with Crippen LogP contribution in [0.2, 0.25) is 0 Å². The summed E-state index contributed by atoms with van der Waals surface area (Å²) >= 11 is 0. The summed E-state index contributed by atoms with van der Waals surface area (Å²) in [5.74, 6) is -0.620. The molecule has 19 heavy (non-hydrogen) atoms. The third kappa shape index (κ3) is 2.82. The van der Waals surface area contributed by atoms with Gasteiger partial charge in [0, 0.05) is 18.2 Å². The van der Waals surface area contributed by atoms with E-state index in [-0.39, 0.29) is 22.5 Å². The van der Waals surface area contributed by atoms with Gasteiger partial charge in [0.1, 0.15) is 5.69 Å². The molecule has 0 aliphatic carbocycles. The van der Waals surface area contributed by atoms with Crippen molar-refractivity contribution in [1.29, 1.82) is 0 Å². The van der Waals surface area contributed by atoms with Gasteiger partial charge in [-0.3, -0.25) is 14.9 Å². The highest BCUT2D eigenvalue weighted by atomic mass is 16.6. The lowest BCUT2D eigenvalue weighted by Crippen LogP contribution is -2.35. The second-order valence-electron chi connectivity index (χ2n) is 4.84. The topological polar surface area (TPSA) is 107 Å². The molecular formula is C12H15N3O4. The zero-order chi connectivity index (χ0) is 14.0. The van der Waals surface area contributed by atoms with Crippen LogP contribution < -0.4 is 11.1 Å². The van der Waals surface area contributed by atoms with Gasteiger partial charge in [-0.25, -0.2) is 0 Å². The molecule has 1 aromatic rings. The van der Waals surface area contributed by atoms with Crippen molar-refractivity contribution in [3.63, 3.8) is 0 Å². The fraction of sp³-hybridized carbons (Fsp3) is 0.417. The molecule has 2 rings (SSSR count). The molecule has 102 valence electrons. The van der Waals surface area contributed by atoms with Gasteiger partial charge in [-0.05, 0) is 25.5 Å². The van der Waals surface area contributed by atoms with Crippen LogP contribution in [0, 0.1) is 10.1 Å². The van der Waals surface area contributed by atoms with Gasteiger partial charge in [0.15, 0.2) is 0 Å². The van der Waals surface area contributed by atoms with E-state index in [0.717, 1.165) is 6.42 Å². The fourth-order valence-corrected chi connectivity index (χ4v) is 2.04. The Balaban J connectivity index is 2.37. The molecule has 1 fully saturated rings. The molecule has 1 saturated heterocycles. The van der Waals surface area contributed by atoms with Gasteiger partial charge in [0.05, 0.1) is 17.1 Å². The highest BCUT2D eigenvalue weighted by Gasteiger charge is 2.31. The van der Waals surface area contributed by atoms with Crippen LogP contribution in [0.5, 0.6) is 0 Å². The van der Waals surface area contributed by atoms with E-state index in [4.69, 9.17) is 10.5 Å². The number of amides is 1. The Morgan fingerprint density at radius 1 is 1.58 bits per heavy atom. The highest BCUT2D eigenvalue weighted by Crippen LogP contribution is 2.31. The van der Waals surface area contributed by atoms with Gasteiger partial charge in [0.2, 0.25) is 5.91 Å². The molecule has 7 heteroatoms. The zero-order valence-electron chi connectivity index (χ0n) is 10.5. The maximum absolute atomic E-state index is 11.2. The van der Waals surface area contributed by atoms with E-state index in [1.54, 1.807) is 0 Å². The average molecular weight is 265 g/mol. The van der Waals surface area contributed by atoms with Gasteiger partial charge in [-0.1, -0.05) is 0 Å². The average Bonchev–Trinajstić information content (AvgIpc) is 2.75. The Hall–Kier alpha value is -2.15. The van der Waals surface area contributed by atoms with Gasteiger partial charge in [-0.2, -0.15) is 0 Å². The Kier molecular flexibility index (Phi) is 3.39. The summed E-state index contributed by atoms with van der Waals surface area (Å²) < 4.78 is 5.29. The van der Waals surface area contributed by atoms with Crippen LogP contribution in [0.15, 0.2) is 18.2 Å². The number of primary amides is 1. The highest BCUT2D eigenvalue weighted by molar-refractivity contribution is 5.94. The molecule has 3 N–H and O–H groups in total. The standard InChI is InChI=1S/C12H15N3O4/c1-12(4-5-19-7-12)14-9-6-8(11(13)16)2-3-10(9)15(17)18/h2-3,6,14H,4-5,7H2,1H3,(H2,13,16). The third-order valence-electron chi connectivity index (χ3n) is 3.13. The largest absolute Gasteiger partial charge is 0.379 e. The SMILES string of the molecule is CC1(Nc2cc(C(N)=O)ccc2[N+](=O)[O-])CCOC1. The molecule has 1 unspecified atom stereocenters. The molecule has 0 aromatic heterocycles. The van der Waals surface area contributed by atoms with Crippen molar-refractivity contribution in [3.05, 3.63) is 33.9 Å². The Morgan fingerprint density at radius 2 is 2.32 bits per heavy atom. The van der Waals surface area contributed by atoms with Crippen LogP contribution >= 0.6 is 0 Å². The molecule has 1 atom stereocenters. The predicted octanol–water partition coefficient (Wildman–Crippen LogP) is 1.28. The minimum Gasteiger partial charge on any atom is -0.379 e. The van der Waals surface area contributed by atoms with Crippen molar-refractivity contribution in [2.75, 3.05) is 18.5 Å². The van der Waals surface area contributed by atoms with Crippen molar-refractivity contribution >= 4 is 17.3 Å². The second kappa shape index (κ2) is 4.85. The van der Waals surface area contributed by atoms with Crippen molar-refractivity contribution in [2.24, 2.45) is 5.73 Å². The first kappa shape index (κ1) is 13.3. The van der Waals surface area contributed by atoms with E-state index >= 15 is 0 Å². The molecule has 0 saturated carbocycles. The maximum atomic E-state index is 11.2. The number of nitrogens with two attached hydrogens (primary N) is 1. The van der Waals surface area contributed by atoms with E-state index in [1.807, 2.05) is 6.92 Å². The first-order valence-electron chi connectivity index (χ1n) is 5.85. The number of ether oxygens (including phenoxy) is 1. The van der Waals surface area contributed by atoms with Gasteiger partial charge >= 0.3 is 0 Å². The molecular weight excluding hydrogens is 250 g/mol. The summed E-state index contributed by atoms with van der Waals surface area (Å²) in [6, 6.07) is 4.03. The lowest BCUT2D eigenvalue weighted by atomic mass is 10.0. The summed E-state index contributed by atoms with van der Waals surface area (Å²) in [7, 11) is 0. The normalized spacial score (nSPS) is 22.2. The Morgan fingerprint density at radius 3 is 2.84 bits per heavy atom. The first-order chi connectivity index (χ1) is 8.91. The third-order valence-corrected chi connectivity index (χ3v) is 3.13. The van der Waals surface area contributed by atoms with E-state index in [0.29, 0.717) is 13.2 Å². The number of carbonyl (C=O) groups is 1. The second-order valence-corrected chi connectivity index (χ2v) is 4.84. The van der Waals surface area contributed by atoms with Crippen LogP contribution in [0.25, 0.3) is 0 Å². The summed E-state index contributed by atoms with van der Waals surface area (Å²) in [6.07, 6.45) is 0.741. The van der Waals surface area contributed by atoms with E-state index in [1.165, 1.54) is 18.2 Å². The summed E-state index contributed by atoms with van der Waals surface area (Å²) in [6.45, 7) is 2.98. The van der Waals surface area contributed by atoms with Crippen LogP contribution in [0.1, 0.15) is 23.7 Å². The molecule has 1 aliphatic heterocycles. The predicted molar refractivity (Wildman–Crippen MR) is 69.1 cm³/mol. The van der Waals surface area contributed by atoms with Crippen LogP contribution in [-0.4, -0.2) is 29.6 Å². The quantitative estimate of drug-likeness (QED) is 0.630. The summed E-state index contributed by atoms with van der Waals surface area (Å²) in [5.41, 5.74) is 5.25. The van der Waals surface area contributed by atoms with Crippen LogP contribution in [0.3, 0.4) is 0 Å². The number of hydrogen-bond acceptors (Lipinski definition) is 5. The number of nitro benzene ring substituents is 1. The fourth-order valence-electron chi connectivity index (χ4n) is 2.04. The number of rotatable bonds is 4. The molecule has 1 heterocycles. The van der Waals surface area contributed by atoms with Crippen molar-refractivity contribution < 1.29 is 14.5 Å². The zero-order valence-corrected chi connectivity index (χ0v) is 10.5. The van der Waals surface area contributed by atoms with E-state index < -0.39 is 10.8 Å². The number of nitrogens with one attached hydrogen (secondary N) is 1. The molecule has 1 aliphatic rings. The Bertz CT molecular complexity index is 524. The van der Waals surface area contributed by atoms with E-state index in [2.05, 4.69) is 5.32 Å². The van der Waals surface area contributed by atoms with Crippen molar-refractivity contribution in [2.45, 2.75) is 18.9 Å². The molecule has 0 spiro atoms. The molecule has 1 amide bonds. The first-order valence-corrected chi connectivity index (χ1v) is 5.85. The maximum Gasteiger partial charge on any atom is 0.292 e. The molecule has 0 radical (unpaired) electrons. The number of anilines is 1. The van der Waals surface area contributed by atoms with Gasteiger partial charge in [0.25, 0.3) is 5.69 Å². The van der Waals surface area contributed by atoms with Gasteiger partial charge < -0.3 is 15.8 Å². The molecule has 0 bridgehead atoms. The number of benzene rings is 1. The van der Waals surface area contributed by atoms with Crippen molar-refractivity contribution in [3.8, 4) is 0 Å². The lowest BCUT2D eigenvalue weighted by molar-refractivity contribution is -0.384. The summed E-state index contributed by atoms with van der Waals surface area (Å²) in [4.78, 5) is 21.7. The van der Waals surface area contributed by atoms with Crippen LogP contribution in [-0.2, 0) is 4.74 Å². The van der Waals surface area contributed by atoms with Gasteiger partial charge in [-0.15, -0.1) is 0 Å². The minimum atomic E-state index is -0.620. The van der Waals surface area contributed by atoms with Crippen LogP contribution in [0.4, 0.5) is 11.4 Å². The Labute approximate surface area is 109 Å². The number of nitrogens with zero attached hydrogens (tertiary/aromatic N) is 1. The number of hydrogen-bond donors (Lipinski definition) is 2. The minimum absolute atomic E-state index is 0.0851.